The highest BCUT2D eigenvalue weighted by atomic mass is 32.1. The van der Waals surface area contributed by atoms with Gasteiger partial charge in [-0.15, -0.1) is 0 Å². The number of esters is 1. The number of ether oxygens (including phenoxy) is 3. The summed E-state index contributed by atoms with van der Waals surface area (Å²) in [4.78, 5) is 45.1. The Labute approximate surface area is 234 Å². The number of amides is 1. The Morgan fingerprint density at radius 3 is 2.60 bits per heavy atom. The number of carbonyl (C=O) groups excluding carboxylic acids is 3. The molecule has 3 aromatic rings. The Morgan fingerprint density at radius 1 is 1.20 bits per heavy atom. The third-order valence-corrected chi connectivity index (χ3v) is 7.34. The van der Waals surface area contributed by atoms with Crippen LogP contribution in [0.25, 0.3) is 5.76 Å². The molecule has 208 valence electrons. The molecule has 1 aliphatic rings. The van der Waals surface area contributed by atoms with Crippen molar-refractivity contribution in [3.8, 4) is 11.5 Å². The molecule has 4 rings (SSSR count). The highest BCUT2D eigenvalue weighted by molar-refractivity contribution is 7.17. The van der Waals surface area contributed by atoms with Gasteiger partial charge in [-0.1, -0.05) is 42.2 Å². The van der Waals surface area contributed by atoms with Crippen molar-refractivity contribution in [1.82, 2.24) is 4.98 Å². The van der Waals surface area contributed by atoms with Crippen LogP contribution in [0.15, 0.2) is 54.6 Å². The number of carbonyl (C=O) groups is 3. The van der Waals surface area contributed by atoms with Gasteiger partial charge in [0, 0.05) is 5.56 Å². The van der Waals surface area contributed by atoms with Crippen LogP contribution in [0, 0.1) is 19.7 Å². The minimum atomic E-state index is -1.19. The molecule has 1 N–H and O–H groups in total. The fraction of sp³-hybridized carbons (Fsp3) is 0.241. The van der Waals surface area contributed by atoms with E-state index in [-0.39, 0.29) is 34.4 Å². The van der Waals surface area contributed by atoms with E-state index in [1.807, 2.05) is 0 Å². The van der Waals surface area contributed by atoms with Crippen LogP contribution in [0.3, 0.4) is 0 Å². The maximum absolute atomic E-state index is 14.4. The van der Waals surface area contributed by atoms with Crippen molar-refractivity contribution in [3.63, 3.8) is 0 Å². The van der Waals surface area contributed by atoms with Crippen LogP contribution in [-0.2, 0) is 14.3 Å². The van der Waals surface area contributed by atoms with Gasteiger partial charge in [-0.05, 0) is 50.1 Å². The molecule has 1 saturated heterocycles. The van der Waals surface area contributed by atoms with Crippen molar-refractivity contribution in [3.05, 3.63) is 87.7 Å². The van der Waals surface area contributed by atoms with Gasteiger partial charge in [0.1, 0.15) is 23.1 Å². The van der Waals surface area contributed by atoms with Crippen molar-refractivity contribution >= 4 is 39.9 Å². The third-order valence-electron chi connectivity index (χ3n) is 6.20. The van der Waals surface area contributed by atoms with Gasteiger partial charge in [0.25, 0.3) is 5.78 Å². The van der Waals surface area contributed by atoms with Crippen LogP contribution >= 0.6 is 11.3 Å². The molecule has 2 aromatic carbocycles. The van der Waals surface area contributed by atoms with Gasteiger partial charge in [-0.3, -0.25) is 14.5 Å². The number of halogens is 1. The predicted molar refractivity (Wildman–Crippen MR) is 147 cm³/mol. The van der Waals surface area contributed by atoms with E-state index in [2.05, 4.69) is 11.6 Å². The molecule has 2 heterocycles. The zero-order chi connectivity index (χ0) is 29.1. The SMILES string of the molecule is C=CCOc1ccc([C@H]2C(=C(O)c3ccc(C)c(F)c3)C(=O)C(=O)N2c2nc(C)c(C(=O)OCC)s2)cc1OC. The van der Waals surface area contributed by atoms with E-state index in [0.29, 0.717) is 28.3 Å². The Kier molecular flexibility index (Phi) is 8.34. The second kappa shape index (κ2) is 11.7. The van der Waals surface area contributed by atoms with Crippen molar-refractivity contribution in [2.75, 3.05) is 25.2 Å². The lowest BCUT2D eigenvalue weighted by Gasteiger charge is -2.24. The summed E-state index contributed by atoms with van der Waals surface area (Å²) in [5, 5.41) is 11.3. The molecule has 1 atom stereocenters. The number of ketones is 1. The zero-order valence-corrected chi connectivity index (χ0v) is 23.1. The number of aliphatic hydroxyl groups excluding tert-OH is 1. The minimum Gasteiger partial charge on any atom is -0.507 e. The third kappa shape index (κ3) is 5.20. The highest BCUT2D eigenvalue weighted by Gasteiger charge is 2.48. The second-order valence-electron chi connectivity index (χ2n) is 8.77. The van der Waals surface area contributed by atoms with E-state index in [1.54, 1.807) is 45.0 Å². The fourth-order valence-electron chi connectivity index (χ4n) is 4.23. The Morgan fingerprint density at radius 2 is 1.95 bits per heavy atom. The molecule has 0 spiro atoms. The first-order chi connectivity index (χ1) is 19.1. The number of Topliss-reactive ketones (excluding diaryl/α,β-unsaturated/α-hetero) is 1. The fourth-order valence-corrected chi connectivity index (χ4v) is 5.22. The lowest BCUT2D eigenvalue weighted by atomic mass is 9.94. The van der Waals surface area contributed by atoms with Gasteiger partial charge >= 0.3 is 11.9 Å². The van der Waals surface area contributed by atoms with Gasteiger partial charge in [-0.2, -0.15) is 0 Å². The van der Waals surface area contributed by atoms with Crippen LogP contribution in [0.5, 0.6) is 11.5 Å². The van der Waals surface area contributed by atoms with Gasteiger partial charge in [-0.25, -0.2) is 14.2 Å². The Hall–Kier alpha value is -4.51. The van der Waals surface area contributed by atoms with Crippen LogP contribution < -0.4 is 14.4 Å². The normalized spacial score (nSPS) is 16.2. The molecule has 0 aliphatic carbocycles. The molecular weight excluding hydrogens is 539 g/mol. The average molecular weight is 567 g/mol. The van der Waals surface area contributed by atoms with Gasteiger partial charge in [0.15, 0.2) is 16.6 Å². The molecule has 11 heteroatoms. The number of thiazole rings is 1. The van der Waals surface area contributed by atoms with Crippen molar-refractivity contribution in [2.45, 2.75) is 26.8 Å². The molecule has 0 saturated carbocycles. The summed E-state index contributed by atoms with van der Waals surface area (Å²) in [6.07, 6.45) is 1.56. The first-order valence-electron chi connectivity index (χ1n) is 12.3. The maximum Gasteiger partial charge on any atom is 0.350 e. The summed E-state index contributed by atoms with van der Waals surface area (Å²) in [5.41, 5.74) is 0.775. The molecule has 1 amide bonds. The second-order valence-corrected chi connectivity index (χ2v) is 9.75. The molecule has 1 fully saturated rings. The summed E-state index contributed by atoms with van der Waals surface area (Å²) < 4.78 is 30.6. The van der Waals surface area contributed by atoms with E-state index in [1.165, 1.54) is 19.2 Å². The number of aryl methyl sites for hydroxylation is 2. The van der Waals surface area contributed by atoms with E-state index >= 15 is 0 Å². The molecule has 0 radical (unpaired) electrons. The van der Waals surface area contributed by atoms with E-state index in [4.69, 9.17) is 14.2 Å². The molecule has 0 bridgehead atoms. The molecule has 40 heavy (non-hydrogen) atoms. The minimum absolute atomic E-state index is 0.0199. The average Bonchev–Trinajstić information content (AvgIpc) is 3.45. The number of aromatic nitrogens is 1. The van der Waals surface area contributed by atoms with E-state index < -0.39 is 35.3 Å². The maximum atomic E-state index is 14.4. The largest absolute Gasteiger partial charge is 0.507 e. The van der Waals surface area contributed by atoms with Gasteiger partial charge in [0.05, 0.1) is 31.0 Å². The lowest BCUT2D eigenvalue weighted by Crippen LogP contribution is -2.29. The van der Waals surface area contributed by atoms with Crippen LogP contribution in [-0.4, -0.2) is 48.1 Å². The van der Waals surface area contributed by atoms with Gasteiger partial charge < -0.3 is 19.3 Å². The molecule has 1 aromatic heterocycles. The number of anilines is 1. The number of hydrogen-bond acceptors (Lipinski definition) is 9. The first kappa shape index (κ1) is 28.5. The quantitative estimate of drug-likeness (QED) is 0.122. The topological polar surface area (TPSA) is 115 Å². The summed E-state index contributed by atoms with van der Waals surface area (Å²) in [7, 11) is 1.43. The molecule has 1 aliphatic heterocycles. The van der Waals surface area contributed by atoms with Crippen molar-refractivity contribution in [2.24, 2.45) is 0 Å². The smallest absolute Gasteiger partial charge is 0.350 e. The number of rotatable bonds is 9. The summed E-state index contributed by atoms with van der Waals surface area (Å²) in [5.74, 6) is -3.05. The summed E-state index contributed by atoms with van der Waals surface area (Å²) in [6, 6.07) is 7.59. The number of aliphatic hydroxyl groups is 1. The van der Waals surface area contributed by atoms with Crippen molar-refractivity contribution < 1.29 is 38.1 Å². The Balaban J connectivity index is 1.94. The number of hydrogen-bond donors (Lipinski definition) is 1. The Bertz CT molecular complexity index is 1550. The zero-order valence-electron chi connectivity index (χ0n) is 22.3. The molecule has 0 unspecified atom stereocenters. The molecule has 9 nitrogen and oxygen atoms in total. The lowest BCUT2D eigenvalue weighted by molar-refractivity contribution is -0.132. The highest BCUT2D eigenvalue weighted by Crippen LogP contribution is 2.45. The van der Waals surface area contributed by atoms with E-state index in [9.17, 15) is 23.9 Å². The van der Waals surface area contributed by atoms with Crippen LogP contribution in [0.4, 0.5) is 9.52 Å². The molecular formula is C29H27FN2O7S. The van der Waals surface area contributed by atoms with Gasteiger partial charge in [0.2, 0.25) is 0 Å². The van der Waals surface area contributed by atoms with Crippen LogP contribution in [0.2, 0.25) is 0 Å². The monoisotopic (exact) mass is 566 g/mol. The summed E-state index contributed by atoms with van der Waals surface area (Å²) >= 11 is 0.883. The van der Waals surface area contributed by atoms with E-state index in [0.717, 1.165) is 22.3 Å². The number of benzene rings is 2. The van der Waals surface area contributed by atoms with Crippen LogP contribution in [0.1, 0.15) is 45.0 Å². The standard InChI is InChI=1S/C29H27FN2O7S/c1-6-12-39-20-11-10-17(14-21(20)37-5)23-22(24(33)18-9-8-15(3)19(30)13-18)25(34)27(35)32(23)29-31-16(4)26(40-29)28(36)38-7-2/h6,8-11,13-14,23,33H,1,7,12H2,2-5H3/t23-/m0/s1. The first-order valence-corrected chi connectivity index (χ1v) is 13.1. The number of nitrogens with zero attached hydrogens (tertiary/aromatic N) is 2. The predicted octanol–water partition coefficient (Wildman–Crippen LogP) is 5.28. The number of methoxy groups -OCH3 is 1. The summed E-state index contributed by atoms with van der Waals surface area (Å²) in [6.45, 7) is 8.79. The van der Waals surface area contributed by atoms with Crippen molar-refractivity contribution in [1.29, 1.82) is 0 Å².